The van der Waals surface area contributed by atoms with Crippen LogP contribution in [0.25, 0.3) is 0 Å². The Balaban J connectivity index is 0.00000140. The van der Waals surface area contributed by atoms with Crippen LogP contribution in [0.15, 0.2) is 36.5 Å². The van der Waals surface area contributed by atoms with Gasteiger partial charge in [0.05, 0.1) is 6.73 Å². The van der Waals surface area contributed by atoms with Gasteiger partial charge in [0.25, 0.3) is 0 Å². The predicted octanol–water partition coefficient (Wildman–Crippen LogP) is 3.59. The second-order valence-electron chi connectivity index (χ2n) is 9.36. The molecule has 2 heterocycles. The summed E-state index contributed by atoms with van der Waals surface area (Å²) >= 11 is 0. The van der Waals surface area contributed by atoms with Gasteiger partial charge in [-0.3, -0.25) is 15.1 Å². The van der Waals surface area contributed by atoms with Gasteiger partial charge in [0.1, 0.15) is 6.73 Å². The molecule has 7 nitrogen and oxygen atoms in total. The first-order chi connectivity index (χ1) is 16.6. The Kier molecular flexibility index (Phi) is 10.7. The lowest BCUT2D eigenvalue weighted by atomic mass is 9.76. The van der Waals surface area contributed by atoms with Crippen LogP contribution in [0.2, 0.25) is 0 Å². The lowest BCUT2D eigenvalue weighted by Gasteiger charge is -2.47. The molecule has 1 aromatic carbocycles. The van der Waals surface area contributed by atoms with Crippen molar-refractivity contribution in [1.29, 1.82) is 0 Å². The smallest absolute Gasteiger partial charge is 0.220 e. The van der Waals surface area contributed by atoms with Gasteiger partial charge < -0.3 is 10.5 Å². The first-order valence-corrected chi connectivity index (χ1v) is 13.0. The van der Waals surface area contributed by atoms with Crippen LogP contribution in [-0.2, 0) is 24.0 Å². The van der Waals surface area contributed by atoms with E-state index in [1.807, 2.05) is 20.0 Å². The molecule has 190 valence electrons. The summed E-state index contributed by atoms with van der Waals surface area (Å²) in [6.07, 6.45) is 7.33. The van der Waals surface area contributed by atoms with Crippen molar-refractivity contribution in [3.8, 4) is 0 Å². The van der Waals surface area contributed by atoms with Gasteiger partial charge in [0, 0.05) is 38.5 Å². The standard InChI is InChI=1S/C25H38N6O.C2H6.H2/c1-3-10-31-16-22(12-20-13-23-21(14-24(20)31)15-27-25(26)29-23)28-17-32-18-30(2)11-9-19-7-5-4-6-8-19;1-2;/h4-8,15,20,22,24,28H,3,9-14,16-18H2,1-2H3,(H2,26,27,29);1-2H3;1H/t20-,22+,24-;;/m1../s1. The molecule has 2 aliphatic rings. The van der Waals surface area contributed by atoms with Gasteiger partial charge in [-0.05, 0) is 62.7 Å². The van der Waals surface area contributed by atoms with E-state index in [-0.39, 0.29) is 1.43 Å². The predicted molar refractivity (Wildman–Crippen MR) is 142 cm³/mol. The van der Waals surface area contributed by atoms with Crippen molar-refractivity contribution in [2.75, 3.05) is 45.9 Å². The maximum absolute atomic E-state index is 5.95. The molecule has 0 amide bonds. The molecule has 0 radical (unpaired) electrons. The number of nitrogens with two attached hydrogens (primary N) is 1. The quantitative estimate of drug-likeness (QED) is 0.406. The molecule has 7 heteroatoms. The number of fused-ring (bicyclic) bond motifs is 2. The Morgan fingerprint density at radius 2 is 2.03 bits per heavy atom. The topological polar surface area (TPSA) is 79.5 Å². The van der Waals surface area contributed by atoms with Crippen molar-refractivity contribution < 1.29 is 6.16 Å². The monoisotopic (exact) mass is 470 g/mol. The molecule has 2 aromatic rings. The summed E-state index contributed by atoms with van der Waals surface area (Å²) in [6, 6.07) is 11.6. The number of nitrogens with one attached hydrogen (secondary N) is 1. The summed E-state index contributed by atoms with van der Waals surface area (Å²) in [5.74, 6) is 0.992. The number of likely N-dealkylation sites (N-methyl/N-ethyl adjacent to an activating group) is 1. The number of hydrogen-bond donors (Lipinski definition) is 2. The zero-order chi connectivity index (χ0) is 24.3. The SMILES string of the molecule is CC.CCCN1C[C@@H](NCOCN(C)CCc2ccccc2)C[C@@H]2Cc3nc(N)ncc3C[C@H]21.[HH]. The Hall–Kier alpha value is -2.06. The molecule has 4 rings (SSSR count). The van der Waals surface area contributed by atoms with Crippen LogP contribution in [-0.4, -0.2) is 72.0 Å². The molecule has 1 saturated heterocycles. The summed E-state index contributed by atoms with van der Waals surface area (Å²) in [4.78, 5) is 13.7. The highest BCUT2D eigenvalue weighted by molar-refractivity contribution is 5.29. The molecule has 0 unspecified atom stereocenters. The first-order valence-electron chi connectivity index (χ1n) is 13.0. The van der Waals surface area contributed by atoms with E-state index in [4.69, 9.17) is 10.5 Å². The zero-order valence-corrected chi connectivity index (χ0v) is 21.5. The molecular weight excluding hydrogens is 424 g/mol. The normalized spacial score (nSPS) is 22.0. The minimum absolute atomic E-state index is 0. The average molecular weight is 471 g/mol. The van der Waals surface area contributed by atoms with Gasteiger partial charge >= 0.3 is 0 Å². The van der Waals surface area contributed by atoms with E-state index in [0.29, 0.717) is 37.4 Å². The Morgan fingerprint density at radius 3 is 2.79 bits per heavy atom. The van der Waals surface area contributed by atoms with Gasteiger partial charge in [-0.1, -0.05) is 51.1 Å². The third-order valence-electron chi connectivity index (χ3n) is 6.83. The highest BCUT2D eigenvalue weighted by Crippen LogP contribution is 2.34. The van der Waals surface area contributed by atoms with Crippen LogP contribution in [0.3, 0.4) is 0 Å². The minimum atomic E-state index is 0. The van der Waals surface area contributed by atoms with Crippen LogP contribution < -0.4 is 11.1 Å². The maximum atomic E-state index is 5.95. The number of likely N-dealkylation sites (tertiary alicyclic amines) is 1. The van der Waals surface area contributed by atoms with E-state index in [2.05, 4.69) is 69.4 Å². The summed E-state index contributed by atoms with van der Waals surface area (Å²) in [7, 11) is 2.12. The van der Waals surface area contributed by atoms with Crippen molar-refractivity contribution in [3.63, 3.8) is 0 Å². The number of aromatic nitrogens is 2. The Morgan fingerprint density at radius 1 is 1.24 bits per heavy atom. The average Bonchev–Trinajstić information content (AvgIpc) is 2.86. The number of nitrogen functional groups attached to an aromatic ring is 1. The van der Waals surface area contributed by atoms with E-state index in [0.717, 1.165) is 51.0 Å². The molecule has 0 bridgehead atoms. The van der Waals surface area contributed by atoms with Crippen LogP contribution in [0.1, 0.15) is 51.9 Å². The van der Waals surface area contributed by atoms with Gasteiger partial charge in [-0.2, -0.15) is 0 Å². The third kappa shape index (κ3) is 7.47. The summed E-state index contributed by atoms with van der Waals surface area (Å²) in [6.45, 7) is 10.7. The van der Waals surface area contributed by atoms with Gasteiger partial charge in [0.15, 0.2) is 0 Å². The lowest BCUT2D eigenvalue weighted by Crippen LogP contribution is -2.57. The summed E-state index contributed by atoms with van der Waals surface area (Å²) < 4.78 is 5.95. The number of benzene rings is 1. The Labute approximate surface area is 207 Å². The fourth-order valence-corrected chi connectivity index (χ4v) is 5.21. The van der Waals surface area contributed by atoms with Crippen molar-refractivity contribution in [1.82, 2.24) is 25.1 Å². The highest BCUT2D eigenvalue weighted by atomic mass is 16.5. The van der Waals surface area contributed by atoms with Crippen LogP contribution in [0, 0.1) is 5.92 Å². The van der Waals surface area contributed by atoms with Crippen LogP contribution in [0.4, 0.5) is 5.95 Å². The Bertz CT molecular complexity index is 855. The lowest BCUT2D eigenvalue weighted by molar-refractivity contribution is 0.00927. The zero-order valence-electron chi connectivity index (χ0n) is 21.5. The molecular formula is C27H46N6O. The summed E-state index contributed by atoms with van der Waals surface area (Å²) in [5, 5.41) is 3.66. The molecule has 1 fully saturated rings. The van der Waals surface area contributed by atoms with Gasteiger partial charge in [0.2, 0.25) is 5.95 Å². The minimum Gasteiger partial charge on any atom is -0.368 e. The second-order valence-corrected chi connectivity index (χ2v) is 9.36. The van der Waals surface area contributed by atoms with E-state index >= 15 is 0 Å². The number of anilines is 1. The van der Waals surface area contributed by atoms with E-state index in [9.17, 15) is 0 Å². The third-order valence-corrected chi connectivity index (χ3v) is 6.83. The van der Waals surface area contributed by atoms with Gasteiger partial charge in [-0.25, -0.2) is 9.97 Å². The van der Waals surface area contributed by atoms with E-state index in [1.54, 1.807) is 0 Å². The van der Waals surface area contributed by atoms with E-state index < -0.39 is 0 Å². The molecule has 1 aromatic heterocycles. The van der Waals surface area contributed by atoms with E-state index in [1.165, 1.54) is 17.5 Å². The molecule has 3 atom stereocenters. The van der Waals surface area contributed by atoms with Gasteiger partial charge in [-0.15, -0.1) is 0 Å². The second kappa shape index (κ2) is 13.7. The molecule has 1 aliphatic heterocycles. The fourth-order valence-electron chi connectivity index (χ4n) is 5.21. The number of ether oxygens (including phenoxy) is 1. The van der Waals surface area contributed by atoms with Crippen molar-refractivity contribution >= 4 is 5.95 Å². The van der Waals surface area contributed by atoms with Crippen molar-refractivity contribution in [2.45, 2.75) is 65.0 Å². The first kappa shape index (κ1) is 26.5. The largest absolute Gasteiger partial charge is 0.368 e. The maximum Gasteiger partial charge on any atom is 0.220 e. The van der Waals surface area contributed by atoms with Crippen LogP contribution in [0.5, 0.6) is 0 Å². The van der Waals surface area contributed by atoms with Crippen LogP contribution >= 0.6 is 0 Å². The number of rotatable bonds is 10. The highest BCUT2D eigenvalue weighted by Gasteiger charge is 2.39. The molecule has 34 heavy (non-hydrogen) atoms. The molecule has 0 saturated carbocycles. The van der Waals surface area contributed by atoms with Crippen molar-refractivity contribution in [2.24, 2.45) is 5.92 Å². The number of piperidine rings is 1. The number of hydrogen-bond acceptors (Lipinski definition) is 7. The molecule has 0 spiro atoms. The molecule has 1 aliphatic carbocycles. The van der Waals surface area contributed by atoms with Crippen molar-refractivity contribution in [3.05, 3.63) is 53.3 Å². The molecule has 3 N–H and O–H groups in total. The number of nitrogens with zero attached hydrogens (tertiary/aromatic N) is 4. The fraction of sp³-hybridized carbons (Fsp3) is 0.630. The summed E-state index contributed by atoms with van der Waals surface area (Å²) in [5.41, 5.74) is 9.63.